The lowest BCUT2D eigenvalue weighted by molar-refractivity contribution is 0.312. The van der Waals surface area contributed by atoms with E-state index in [1.807, 2.05) is 41.9 Å². The minimum atomic E-state index is 0.253. The van der Waals surface area contributed by atoms with Crippen molar-refractivity contribution < 1.29 is 9.47 Å². The van der Waals surface area contributed by atoms with Gasteiger partial charge in [0.2, 0.25) is 0 Å². The highest BCUT2D eigenvalue weighted by Crippen LogP contribution is 2.39. The number of nitrogens with one attached hydrogen (secondary N) is 1. The molecule has 0 aliphatic carbocycles. The van der Waals surface area contributed by atoms with Crippen LogP contribution in [0.3, 0.4) is 0 Å². The van der Waals surface area contributed by atoms with E-state index in [0.29, 0.717) is 42.8 Å². The van der Waals surface area contributed by atoms with Gasteiger partial charge in [-0.1, -0.05) is 6.07 Å². The first-order valence-corrected chi connectivity index (χ1v) is 9.27. The quantitative estimate of drug-likeness (QED) is 0.532. The van der Waals surface area contributed by atoms with Gasteiger partial charge in [0.05, 0.1) is 37.4 Å². The molecule has 0 amide bonds. The van der Waals surface area contributed by atoms with Crippen molar-refractivity contribution in [2.45, 2.75) is 19.9 Å². The third-order valence-electron chi connectivity index (χ3n) is 4.17. The highest BCUT2D eigenvalue weighted by atomic mass is 16.5. The van der Waals surface area contributed by atoms with Gasteiger partial charge in [0, 0.05) is 12.6 Å². The number of rotatable bonds is 9. The van der Waals surface area contributed by atoms with Crippen LogP contribution in [0, 0.1) is 11.3 Å². The maximum absolute atomic E-state index is 8.85. The summed E-state index contributed by atoms with van der Waals surface area (Å²) in [4.78, 5) is 8.19. The number of methoxy groups -OCH3 is 1. The molecule has 0 radical (unpaired) electrons. The Bertz CT molecular complexity index is 993. The number of anilines is 2. The predicted octanol–water partition coefficient (Wildman–Crippen LogP) is 2.71. The Labute approximate surface area is 169 Å². The van der Waals surface area contributed by atoms with E-state index in [0.717, 1.165) is 17.7 Å². The largest absolute Gasteiger partial charge is 0.496 e. The number of nitriles is 1. The molecular weight excluding hydrogens is 370 g/mol. The fourth-order valence-corrected chi connectivity index (χ4v) is 2.82. The molecule has 0 spiro atoms. The summed E-state index contributed by atoms with van der Waals surface area (Å²) in [5, 5.41) is 16.6. The number of nitrogens with two attached hydrogens (primary N) is 1. The monoisotopic (exact) mass is 393 g/mol. The lowest BCUT2D eigenvalue weighted by atomic mass is 10.1. The summed E-state index contributed by atoms with van der Waals surface area (Å²) in [6.07, 6.45) is 3.66. The smallest absolute Gasteiger partial charge is 0.158 e. The molecule has 0 atom stereocenters. The van der Waals surface area contributed by atoms with Crippen LogP contribution in [-0.2, 0) is 6.54 Å². The summed E-state index contributed by atoms with van der Waals surface area (Å²) in [5.74, 6) is 2.49. The van der Waals surface area contributed by atoms with Gasteiger partial charge in [0.25, 0.3) is 0 Å². The molecule has 9 nitrogen and oxygen atoms in total. The third-order valence-corrected chi connectivity index (χ3v) is 4.17. The Morgan fingerprint density at radius 2 is 2.03 bits per heavy atom. The highest BCUT2D eigenvalue weighted by Gasteiger charge is 2.19. The summed E-state index contributed by atoms with van der Waals surface area (Å²) < 4.78 is 13.4. The van der Waals surface area contributed by atoms with Crippen LogP contribution in [-0.4, -0.2) is 40.0 Å². The molecule has 3 N–H and O–H groups in total. The Morgan fingerprint density at radius 1 is 1.21 bits per heavy atom. The molecule has 150 valence electrons. The van der Waals surface area contributed by atoms with Crippen LogP contribution in [0.4, 0.5) is 11.6 Å². The first-order chi connectivity index (χ1) is 14.2. The summed E-state index contributed by atoms with van der Waals surface area (Å²) in [5.41, 5.74) is 7.50. The van der Waals surface area contributed by atoms with E-state index in [1.165, 1.54) is 12.4 Å². The lowest BCUT2D eigenvalue weighted by Crippen LogP contribution is -2.08. The van der Waals surface area contributed by atoms with Crippen molar-refractivity contribution in [1.29, 1.82) is 5.26 Å². The number of hydrogen-bond acceptors (Lipinski definition) is 8. The molecule has 0 aliphatic heterocycles. The zero-order valence-corrected chi connectivity index (χ0v) is 16.4. The zero-order chi connectivity index (χ0) is 20.6. The summed E-state index contributed by atoms with van der Waals surface area (Å²) >= 11 is 0. The maximum atomic E-state index is 8.85. The summed E-state index contributed by atoms with van der Waals surface area (Å²) in [6, 6.07) is 9.52. The van der Waals surface area contributed by atoms with E-state index >= 15 is 0 Å². The van der Waals surface area contributed by atoms with E-state index in [9.17, 15) is 0 Å². The van der Waals surface area contributed by atoms with E-state index in [1.54, 1.807) is 7.11 Å². The molecule has 9 heteroatoms. The van der Waals surface area contributed by atoms with Gasteiger partial charge in [-0.25, -0.2) is 9.97 Å². The van der Waals surface area contributed by atoms with Gasteiger partial charge in [-0.05, 0) is 32.0 Å². The Kier molecular flexibility index (Phi) is 6.60. The molecule has 2 aromatic heterocycles. The molecule has 3 rings (SSSR count). The summed E-state index contributed by atoms with van der Waals surface area (Å²) in [6.45, 7) is 3.73. The van der Waals surface area contributed by atoms with Crippen LogP contribution in [0.5, 0.6) is 11.5 Å². The van der Waals surface area contributed by atoms with Gasteiger partial charge >= 0.3 is 0 Å². The van der Waals surface area contributed by atoms with Crippen LogP contribution in [0.2, 0.25) is 0 Å². The van der Waals surface area contributed by atoms with Gasteiger partial charge < -0.3 is 20.5 Å². The molecule has 0 aliphatic rings. The molecule has 1 aromatic carbocycles. The molecule has 2 heterocycles. The van der Waals surface area contributed by atoms with E-state index in [2.05, 4.69) is 20.4 Å². The molecule has 0 bridgehead atoms. The second-order valence-electron chi connectivity index (χ2n) is 6.08. The average molecular weight is 393 g/mol. The molecule has 29 heavy (non-hydrogen) atoms. The van der Waals surface area contributed by atoms with E-state index in [-0.39, 0.29) is 5.69 Å². The molecule has 0 fully saturated rings. The van der Waals surface area contributed by atoms with Crippen LogP contribution in [0.1, 0.15) is 19.0 Å². The zero-order valence-electron chi connectivity index (χ0n) is 16.4. The van der Waals surface area contributed by atoms with Crippen molar-refractivity contribution in [2.24, 2.45) is 5.73 Å². The van der Waals surface area contributed by atoms with E-state index < -0.39 is 0 Å². The topological polar surface area (TPSA) is 124 Å². The molecule has 0 unspecified atom stereocenters. The maximum Gasteiger partial charge on any atom is 0.158 e. The van der Waals surface area contributed by atoms with Gasteiger partial charge in [-0.2, -0.15) is 10.4 Å². The highest BCUT2D eigenvalue weighted by molar-refractivity contribution is 5.77. The van der Waals surface area contributed by atoms with Crippen molar-refractivity contribution in [2.75, 3.05) is 25.6 Å². The normalized spacial score (nSPS) is 10.4. The Hall–Kier alpha value is -3.64. The van der Waals surface area contributed by atoms with Crippen molar-refractivity contribution in [3.63, 3.8) is 0 Å². The number of hydrogen-bond donors (Lipinski definition) is 2. The number of aryl methyl sites for hydroxylation is 1. The van der Waals surface area contributed by atoms with Crippen LogP contribution < -0.4 is 20.5 Å². The molecular formula is C20H23N7O2. The van der Waals surface area contributed by atoms with Crippen molar-refractivity contribution in [3.8, 4) is 28.8 Å². The molecule has 0 saturated carbocycles. The molecule has 3 aromatic rings. The third kappa shape index (κ3) is 4.62. The van der Waals surface area contributed by atoms with Crippen molar-refractivity contribution in [1.82, 2.24) is 19.7 Å². The Balaban J connectivity index is 1.97. The average Bonchev–Trinajstić information content (AvgIpc) is 3.16. The number of nitrogens with zero attached hydrogens (tertiary/aromatic N) is 5. The fraction of sp³-hybridized carbons (Fsp3) is 0.300. The minimum absolute atomic E-state index is 0.253. The predicted molar refractivity (Wildman–Crippen MR) is 109 cm³/mol. The standard InChI is InChI=1S/C20H23N7O2/c1-3-27-15(10-18(26-27)25-19-13-23-14(11-22)12-24-19)20-16(28-2)6-4-7-17(20)29-9-5-8-21/h4,6-7,10,12-13H,3,5,8-9,21H2,1-2H3,(H,24,25,26). The van der Waals surface area contributed by atoms with Crippen molar-refractivity contribution >= 4 is 11.6 Å². The van der Waals surface area contributed by atoms with Crippen LogP contribution in [0.15, 0.2) is 36.7 Å². The minimum Gasteiger partial charge on any atom is -0.496 e. The summed E-state index contributed by atoms with van der Waals surface area (Å²) in [7, 11) is 1.63. The van der Waals surface area contributed by atoms with Gasteiger partial charge in [0.15, 0.2) is 11.5 Å². The van der Waals surface area contributed by atoms with Crippen LogP contribution in [0.25, 0.3) is 11.3 Å². The number of benzene rings is 1. The second kappa shape index (κ2) is 9.52. The Morgan fingerprint density at radius 3 is 2.69 bits per heavy atom. The second-order valence-corrected chi connectivity index (χ2v) is 6.08. The van der Waals surface area contributed by atoms with Gasteiger partial charge in [-0.15, -0.1) is 0 Å². The van der Waals surface area contributed by atoms with Gasteiger partial charge in [0.1, 0.15) is 23.4 Å². The van der Waals surface area contributed by atoms with E-state index in [4.69, 9.17) is 20.5 Å². The first kappa shape index (κ1) is 20.1. The van der Waals surface area contributed by atoms with Crippen LogP contribution >= 0.6 is 0 Å². The first-order valence-electron chi connectivity index (χ1n) is 9.27. The molecule has 0 saturated heterocycles. The SMILES string of the molecule is CCn1nc(Nc2cnc(C#N)cn2)cc1-c1c(OC)cccc1OCCCN. The van der Waals surface area contributed by atoms with Crippen molar-refractivity contribution in [3.05, 3.63) is 42.4 Å². The fourth-order valence-electron chi connectivity index (χ4n) is 2.82. The number of aromatic nitrogens is 4. The van der Waals surface area contributed by atoms with Gasteiger partial charge in [-0.3, -0.25) is 4.68 Å². The number of ether oxygens (including phenoxy) is 2. The lowest BCUT2D eigenvalue weighted by Gasteiger charge is -2.15.